The van der Waals surface area contributed by atoms with Gasteiger partial charge >= 0.3 is 0 Å². The van der Waals surface area contributed by atoms with Crippen molar-refractivity contribution in [3.05, 3.63) is 16.8 Å². The van der Waals surface area contributed by atoms with Gasteiger partial charge in [-0.2, -0.15) is 0 Å². The summed E-state index contributed by atoms with van der Waals surface area (Å²) in [5, 5.41) is 5.38. The number of rotatable bonds is 1. The fraction of sp³-hybridized carbons (Fsp3) is 0.556. The minimum absolute atomic E-state index is 1.23. The van der Waals surface area contributed by atoms with Crippen LogP contribution in [0.15, 0.2) is 11.4 Å². The Labute approximate surface area is 71.7 Å². The molecule has 1 aromatic heterocycles. The summed E-state index contributed by atoms with van der Waals surface area (Å²) in [6, 6.07) is 2.16. The molecule has 0 spiro atoms. The molecule has 1 radical (unpaired) electrons. The zero-order valence-electron chi connectivity index (χ0n) is 6.55. The summed E-state index contributed by atoms with van der Waals surface area (Å²) >= 11 is 1.67. The molecule has 1 saturated heterocycles. The van der Waals surface area contributed by atoms with Gasteiger partial charge in [0.2, 0.25) is 0 Å². The lowest BCUT2D eigenvalue weighted by Crippen LogP contribution is -2.28. The molecular formula is C9H12NS. The van der Waals surface area contributed by atoms with Gasteiger partial charge in [-0.15, -0.1) is 11.3 Å². The Kier molecular flexibility index (Phi) is 2.13. The Hall–Kier alpha value is -0.500. The molecule has 1 nitrogen and oxygen atoms in total. The van der Waals surface area contributed by atoms with E-state index < -0.39 is 0 Å². The summed E-state index contributed by atoms with van der Waals surface area (Å²) in [5.74, 6) is 0. The Morgan fingerprint density at radius 3 is 2.73 bits per heavy atom. The van der Waals surface area contributed by atoms with Crippen molar-refractivity contribution in [1.82, 2.24) is 0 Å². The van der Waals surface area contributed by atoms with Crippen LogP contribution in [0, 0.1) is 5.38 Å². The van der Waals surface area contributed by atoms with Crippen LogP contribution in [0.2, 0.25) is 0 Å². The van der Waals surface area contributed by atoms with Crippen molar-refractivity contribution in [2.45, 2.75) is 19.3 Å². The predicted octanol–water partition coefficient (Wildman–Crippen LogP) is 2.54. The number of anilines is 1. The molecule has 0 aromatic carbocycles. The summed E-state index contributed by atoms with van der Waals surface area (Å²) < 4.78 is 0. The molecule has 0 aliphatic carbocycles. The van der Waals surface area contributed by atoms with E-state index in [1.807, 2.05) is 0 Å². The summed E-state index contributed by atoms with van der Waals surface area (Å²) in [6.07, 6.45) is 4.11. The third-order valence-electron chi connectivity index (χ3n) is 2.15. The van der Waals surface area contributed by atoms with Crippen molar-refractivity contribution < 1.29 is 0 Å². The first-order chi connectivity index (χ1) is 5.47. The van der Waals surface area contributed by atoms with E-state index in [4.69, 9.17) is 0 Å². The van der Waals surface area contributed by atoms with Crippen molar-refractivity contribution >= 4 is 17.0 Å². The Morgan fingerprint density at radius 2 is 2.09 bits per heavy atom. The van der Waals surface area contributed by atoms with Gasteiger partial charge in [-0.1, -0.05) is 0 Å². The molecule has 2 heteroatoms. The maximum absolute atomic E-state index is 3.27. The van der Waals surface area contributed by atoms with E-state index in [1.54, 1.807) is 11.3 Å². The zero-order valence-corrected chi connectivity index (χ0v) is 7.36. The third kappa shape index (κ3) is 1.56. The molecule has 59 valence electrons. The lowest BCUT2D eigenvalue weighted by molar-refractivity contribution is 0.578. The van der Waals surface area contributed by atoms with Crippen LogP contribution in [0.4, 0.5) is 5.69 Å². The smallest absolute Gasteiger partial charge is 0.0697 e. The van der Waals surface area contributed by atoms with E-state index in [0.29, 0.717) is 0 Å². The molecule has 1 aliphatic rings. The topological polar surface area (TPSA) is 3.24 Å². The van der Waals surface area contributed by atoms with Crippen LogP contribution in [0.25, 0.3) is 0 Å². The van der Waals surface area contributed by atoms with Gasteiger partial charge in [-0.3, -0.25) is 0 Å². The average molecular weight is 166 g/mol. The lowest BCUT2D eigenvalue weighted by atomic mass is 10.1. The van der Waals surface area contributed by atoms with Crippen molar-refractivity contribution in [3.63, 3.8) is 0 Å². The highest BCUT2D eigenvalue weighted by Crippen LogP contribution is 2.20. The van der Waals surface area contributed by atoms with Gasteiger partial charge < -0.3 is 4.90 Å². The van der Waals surface area contributed by atoms with E-state index in [9.17, 15) is 0 Å². The second-order valence-corrected chi connectivity index (χ2v) is 3.67. The summed E-state index contributed by atoms with van der Waals surface area (Å²) in [7, 11) is 0. The molecule has 11 heavy (non-hydrogen) atoms. The number of hydrogen-bond donors (Lipinski definition) is 0. The van der Waals surface area contributed by atoms with Crippen molar-refractivity contribution in [3.8, 4) is 0 Å². The van der Waals surface area contributed by atoms with E-state index in [1.165, 1.54) is 38.0 Å². The van der Waals surface area contributed by atoms with Gasteiger partial charge in [0.25, 0.3) is 0 Å². The molecule has 1 fully saturated rings. The fourth-order valence-electron chi connectivity index (χ4n) is 1.53. The van der Waals surface area contributed by atoms with Crippen LogP contribution < -0.4 is 4.90 Å². The average Bonchev–Trinajstić information content (AvgIpc) is 2.58. The SMILES string of the molecule is [c]1sccc1N1CCCCC1. The second kappa shape index (κ2) is 3.26. The number of piperidine rings is 1. The second-order valence-electron chi connectivity index (χ2n) is 2.96. The summed E-state index contributed by atoms with van der Waals surface area (Å²) in [4.78, 5) is 2.43. The molecule has 0 N–H and O–H groups in total. The van der Waals surface area contributed by atoms with Crippen molar-refractivity contribution in [2.75, 3.05) is 18.0 Å². The highest BCUT2D eigenvalue weighted by Gasteiger charge is 2.10. The highest BCUT2D eigenvalue weighted by molar-refractivity contribution is 7.07. The first kappa shape index (κ1) is 7.17. The van der Waals surface area contributed by atoms with E-state index in [-0.39, 0.29) is 0 Å². The van der Waals surface area contributed by atoms with Crippen LogP contribution in [0.1, 0.15) is 19.3 Å². The quantitative estimate of drug-likeness (QED) is 0.619. The van der Waals surface area contributed by atoms with Gasteiger partial charge in [0.05, 0.1) is 11.1 Å². The maximum atomic E-state index is 3.27. The molecule has 1 aliphatic heterocycles. The number of thiophene rings is 1. The molecule has 0 bridgehead atoms. The number of hydrogen-bond acceptors (Lipinski definition) is 2. The minimum atomic E-state index is 1.23. The number of nitrogens with zero attached hydrogens (tertiary/aromatic N) is 1. The zero-order chi connectivity index (χ0) is 7.52. The van der Waals surface area contributed by atoms with Crippen molar-refractivity contribution in [2.24, 2.45) is 0 Å². The maximum Gasteiger partial charge on any atom is 0.0697 e. The molecule has 0 amide bonds. The van der Waals surface area contributed by atoms with Gasteiger partial charge in [0.1, 0.15) is 0 Å². The summed E-state index contributed by atoms with van der Waals surface area (Å²) in [6.45, 7) is 2.46. The van der Waals surface area contributed by atoms with E-state index in [2.05, 4.69) is 21.7 Å². The molecule has 0 atom stereocenters. The lowest BCUT2D eigenvalue weighted by Gasteiger charge is -2.27. The van der Waals surface area contributed by atoms with E-state index >= 15 is 0 Å². The van der Waals surface area contributed by atoms with Gasteiger partial charge in [0.15, 0.2) is 0 Å². The first-order valence-electron chi connectivity index (χ1n) is 4.17. The monoisotopic (exact) mass is 166 g/mol. The van der Waals surface area contributed by atoms with Crippen LogP contribution in [-0.4, -0.2) is 13.1 Å². The first-order valence-corrected chi connectivity index (χ1v) is 5.05. The molecule has 2 heterocycles. The Balaban J connectivity index is 2.04. The van der Waals surface area contributed by atoms with Gasteiger partial charge in [0, 0.05) is 13.1 Å². The van der Waals surface area contributed by atoms with Gasteiger partial charge in [-0.25, -0.2) is 0 Å². The minimum Gasteiger partial charge on any atom is -0.370 e. The molecular weight excluding hydrogens is 154 g/mol. The predicted molar refractivity (Wildman–Crippen MR) is 49.2 cm³/mol. The van der Waals surface area contributed by atoms with Crippen LogP contribution in [0.5, 0.6) is 0 Å². The normalized spacial score (nSPS) is 18.7. The molecule has 0 unspecified atom stereocenters. The largest absolute Gasteiger partial charge is 0.370 e. The fourth-order valence-corrected chi connectivity index (χ4v) is 2.11. The van der Waals surface area contributed by atoms with Gasteiger partial charge in [-0.05, 0) is 30.7 Å². The molecule has 0 saturated carbocycles. The van der Waals surface area contributed by atoms with Crippen LogP contribution in [0.3, 0.4) is 0 Å². The van der Waals surface area contributed by atoms with Crippen molar-refractivity contribution in [1.29, 1.82) is 0 Å². The molecule has 2 rings (SSSR count). The molecule has 1 aromatic rings. The third-order valence-corrected chi connectivity index (χ3v) is 2.75. The Bertz CT molecular complexity index is 199. The Morgan fingerprint density at radius 1 is 1.27 bits per heavy atom. The van der Waals surface area contributed by atoms with Crippen LogP contribution >= 0.6 is 11.3 Å². The van der Waals surface area contributed by atoms with Crippen LogP contribution in [-0.2, 0) is 0 Å². The highest BCUT2D eigenvalue weighted by atomic mass is 32.1. The van der Waals surface area contributed by atoms with E-state index in [0.717, 1.165) is 0 Å². The standard InChI is InChI=1S/C9H12NS/c1-2-5-10(6-3-1)9-4-7-11-8-9/h4,7H,1-3,5-6H2. The summed E-state index contributed by atoms with van der Waals surface area (Å²) in [5.41, 5.74) is 1.30.